The van der Waals surface area contributed by atoms with E-state index in [0.717, 1.165) is 0 Å². The van der Waals surface area contributed by atoms with Crippen molar-refractivity contribution in [1.82, 2.24) is 4.98 Å². The van der Waals surface area contributed by atoms with Crippen LogP contribution in [-0.4, -0.2) is 37.3 Å². The zero-order chi connectivity index (χ0) is 25.8. The third-order valence-corrected chi connectivity index (χ3v) is 5.80. The van der Waals surface area contributed by atoms with Crippen molar-refractivity contribution in [1.29, 1.82) is 0 Å². The molecule has 4 aromatic rings. The van der Waals surface area contributed by atoms with Crippen LogP contribution in [0.25, 0.3) is 11.0 Å². The number of hydrogen-bond acceptors (Lipinski definition) is 8. The molecule has 0 unspecified atom stereocenters. The number of pyridine rings is 1. The lowest BCUT2D eigenvalue weighted by atomic mass is 10.1. The first-order valence-electron chi connectivity index (χ1n) is 10.8. The van der Waals surface area contributed by atoms with Crippen molar-refractivity contribution >= 4 is 39.9 Å². The molecule has 4 rings (SSSR count). The Morgan fingerprint density at radius 1 is 1.11 bits per heavy atom. The van der Waals surface area contributed by atoms with E-state index in [1.807, 2.05) is 0 Å². The average molecular weight is 510 g/mol. The molecule has 0 fully saturated rings. The van der Waals surface area contributed by atoms with Gasteiger partial charge < -0.3 is 29.1 Å². The number of anilines is 1. The SMILES string of the molecule is COc1cc(N=c2oc3c(C)ncc(CO)c3cc2C(=O)Nc2ccccc2Cl)cc(OC)c1OC. The van der Waals surface area contributed by atoms with Gasteiger partial charge in [0, 0.05) is 29.3 Å². The van der Waals surface area contributed by atoms with Crippen LogP contribution in [0.3, 0.4) is 0 Å². The van der Waals surface area contributed by atoms with E-state index in [9.17, 15) is 9.90 Å². The van der Waals surface area contributed by atoms with Gasteiger partial charge in [-0.15, -0.1) is 0 Å². The molecule has 0 aliphatic rings. The molecule has 9 nitrogen and oxygen atoms in total. The van der Waals surface area contributed by atoms with Crippen LogP contribution in [0.2, 0.25) is 5.02 Å². The number of hydrogen-bond donors (Lipinski definition) is 2. The number of nitrogens with one attached hydrogen (secondary N) is 1. The molecule has 0 bridgehead atoms. The van der Waals surface area contributed by atoms with E-state index in [4.69, 9.17) is 30.2 Å². The Bertz CT molecular complexity index is 1490. The van der Waals surface area contributed by atoms with Crippen LogP contribution >= 0.6 is 11.6 Å². The zero-order valence-corrected chi connectivity index (χ0v) is 20.8. The van der Waals surface area contributed by atoms with E-state index in [1.165, 1.54) is 21.3 Å². The number of aliphatic hydroxyl groups is 1. The summed E-state index contributed by atoms with van der Waals surface area (Å²) in [5.74, 6) is 0.676. The lowest BCUT2D eigenvalue weighted by Gasteiger charge is -2.13. The highest BCUT2D eigenvalue weighted by Crippen LogP contribution is 2.40. The number of fused-ring (bicyclic) bond motifs is 1. The van der Waals surface area contributed by atoms with Crippen LogP contribution in [0, 0.1) is 6.92 Å². The maximum Gasteiger partial charge on any atom is 0.261 e. The van der Waals surface area contributed by atoms with E-state index >= 15 is 0 Å². The Morgan fingerprint density at radius 3 is 2.42 bits per heavy atom. The van der Waals surface area contributed by atoms with E-state index in [2.05, 4.69) is 15.3 Å². The van der Waals surface area contributed by atoms with E-state index in [-0.39, 0.29) is 17.7 Å². The Hall–Kier alpha value is -4.08. The molecule has 0 radical (unpaired) electrons. The van der Waals surface area contributed by atoms with Gasteiger partial charge in [0.25, 0.3) is 5.91 Å². The molecule has 2 aromatic heterocycles. The molecule has 0 aliphatic heterocycles. The number of benzene rings is 2. The van der Waals surface area contributed by atoms with Crippen molar-refractivity contribution in [2.24, 2.45) is 4.99 Å². The first-order chi connectivity index (χ1) is 17.4. The van der Waals surface area contributed by atoms with Crippen LogP contribution in [0.1, 0.15) is 21.6 Å². The maximum atomic E-state index is 13.4. The zero-order valence-electron chi connectivity index (χ0n) is 20.1. The highest BCUT2D eigenvalue weighted by molar-refractivity contribution is 6.33. The van der Waals surface area contributed by atoms with Crippen LogP contribution in [-0.2, 0) is 6.61 Å². The fourth-order valence-corrected chi connectivity index (χ4v) is 3.84. The number of carbonyl (C=O) groups is 1. The third-order valence-electron chi connectivity index (χ3n) is 5.47. The molecule has 2 heterocycles. The first kappa shape index (κ1) is 25.0. The van der Waals surface area contributed by atoms with Gasteiger partial charge in [0.1, 0.15) is 5.56 Å². The summed E-state index contributed by atoms with van der Waals surface area (Å²) in [5, 5.41) is 13.5. The second-order valence-corrected chi connectivity index (χ2v) is 8.07. The number of nitrogens with zero attached hydrogens (tertiary/aromatic N) is 2. The van der Waals surface area contributed by atoms with Gasteiger partial charge in [-0.2, -0.15) is 0 Å². The minimum atomic E-state index is -0.502. The molecule has 0 spiro atoms. The van der Waals surface area contributed by atoms with Crippen LogP contribution < -0.4 is 25.1 Å². The molecule has 1 amide bonds. The molecule has 10 heteroatoms. The molecule has 2 aromatic carbocycles. The van der Waals surface area contributed by atoms with Gasteiger partial charge in [0.15, 0.2) is 17.1 Å². The molecule has 0 aliphatic carbocycles. The summed E-state index contributed by atoms with van der Waals surface area (Å²) in [5.41, 5.74) is 2.42. The fraction of sp³-hybridized carbons (Fsp3) is 0.192. The normalized spacial score (nSPS) is 11.4. The molecule has 2 N–H and O–H groups in total. The van der Waals surface area contributed by atoms with E-state index in [1.54, 1.807) is 55.6 Å². The van der Waals surface area contributed by atoms with Crippen molar-refractivity contribution in [2.75, 3.05) is 26.6 Å². The summed E-state index contributed by atoms with van der Waals surface area (Å²) in [6, 6.07) is 11.7. The first-order valence-corrected chi connectivity index (χ1v) is 11.2. The van der Waals surface area contributed by atoms with Crippen LogP contribution in [0.4, 0.5) is 11.4 Å². The number of aryl methyl sites for hydroxylation is 1. The largest absolute Gasteiger partial charge is 0.493 e. The Balaban J connectivity index is 1.97. The van der Waals surface area contributed by atoms with Crippen LogP contribution in [0.15, 0.2) is 58.1 Å². The lowest BCUT2D eigenvalue weighted by Crippen LogP contribution is -2.22. The molecular formula is C26H24ClN3O6. The molecular weight excluding hydrogens is 486 g/mol. The number of aromatic nitrogens is 1. The summed E-state index contributed by atoms with van der Waals surface area (Å²) in [6.07, 6.45) is 1.54. The predicted molar refractivity (Wildman–Crippen MR) is 135 cm³/mol. The second kappa shape index (κ2) is 10.7. The second-order valence-electron chi connectivity index (χ2n) is 7.66. The van der Waals surface area contributed by atoms with Gasteiger partial charge in [0.2, 0.25) is 11.3 Å². The fourth-order valence-electron chi connectivity index (χ4n) is 3.66. The standard InChI is InChI=1S/C26H24ClN3O6/c1-14-23-17(15(13-31)12-28-14)11-18(25(32)30-20-8-6-5-7-19(20)27)26(36-23)29-16-9-21(33-2)24(35-4)22(10-16)34-3/h5-12,31H,13H2,1-4H3,(H,30,32). The summed E-state index contributed by atoms with van der Waals surface area (Å²) < 4.78 is 22.3. The maximum absolute atomic E-state index is 13.4. The Kier molecular flexibility index (Phi) is 7.42. The van der Waals surface area contributed by atoms with Crippen molar-refractivity contribution in [3.63, 3.8) is 0 Å². The average Bonchev–Trinajstić information content (AvgIpc) is 2.89. The van der Waals surface area contributed by atoms with Gasteiger partial charge in [-0.1, -0.05) is 23.7 Å². The number of ether oxygens (including phenoxy) is 3. The number of rotatable bonds is 7. The number of amides is 1. The number of aliphatic hydroxyl groups excluding tert-OH is 1. The van der Waals surface area contributed by atoms with Gasteiger partial charge >= 0.3 is 0 Å². The van der Waals surface area contributed by atoms with Crippen molar-refractivity contribution < 1.29 is 28.5 Å². The number of halogens is 1. The number of para-hydroxylation sites is 1. The molecule has 36 heavy (non-hydrogen) atoms. The van der Waals surface area contributed by atoms with Crippen molar-refractivity contribution in [3.8, 4) is 17.2 Å². The molecule has 0 saturated heterocycles. The van der Waals surface area contributed by atoms with Gasteiger partial charge in [-0.05, 0) is 25.1 Å². The summed E-state index contributed by atoms with van der Waals surface area (Å²) >= 11 is 6.24. The summed E-state index contributed by atoms with van der Waals surface area (Å²) in [4.78, 5) is 22.3. The number of carbonyl (C=O) groups excluding carboxylic acids is 1. The van der Waals surface area contributed by atoms with Crippen molar-refractivity contribution in [2.45, 2.75) is 13.5 Å². The van der Waals surface area contributed by atoms with Gasteiger partial charge in [0.05, 0.1) is 50.0 Å². The minimum absolute atomic E-state index is 0.0151. The molecule has 0 saturated carbocycles. The van der Waals surface area contributed by atoms with Crippen molar-refractivity contribution in [3.05, 3.63) is 76.1 Å². The molecule has 0 atom stereocenters. The number of methoxy groups -OCH3 is 3. The van der Waals surface area contributed by atoms with Gasteiger partial charge in [-0.3, -0.25) is 9.78 Å². The topological polar surface area (TPSA) is 115 Å². The van der Waals surface area contributed by atoms with Gasteiger partial charge in [-0.25, -0.2) is 4.99 Å². The van der Waals surface area contributed by atoms with E-state index < -0.39 is 5.91 Å². The summed E-state index contributed by atoms with van der Waals surface area (Å²) in [7, 11) is 4.49. The monoisotopic (exact) mass is 509 g/mol. The lowest BCUT2D eigenvalue weighted by molar-refractivity contribution is 0.102. The highest BCUT2D eigenvalue weighted by atomic mass is 35.5. The smallest absolute Gasteiger partial charge is 0.261 e. The minimum Gasteiger partial charge on any atom is -0.493 e. The van der Waals surface area contributed by atoms with Crippen LogP contribution in [0.5, 0.6) is 17.2 Å². The Labute approximate surface area is 211 Å². The summed E-state index contributed by atoms with van der Waals surface area (Å²) in [6.45, 7) is 1.48. The predicted octanol–water partition coefficient (Wildman–Crippen LogP) is 4.79. The quantitative estimate of drug-likeness (QED) is 0.368. The molecule has 186 valence electrons. The highest BCUT2D eigenvalue weighted by Gasteiger charge is 2.18. The van der Waals surface area contributed by atoms with E-state index in [0.29, 0.717) is 55.9 Å². The third kappa shape index (κ3) is 4.84. The Morgan fingerprint density at radius 2 is 1.81 bits per heavy atom.